The standard InChI is InChI=1S/C15H10N4S/c16-8-10-5-6-14-17-18-15(19(14)9-10)13-7-11-3-1-2-4-12(11)20-13/h1-6,9,13H,7H2. The summed E-state index contributed by atoms with van der Waals surface area (Å²) in [5.74, 6) is 0.915. The van der Waals surface area contributed by atoms with E-state index < -0.39 is 0 Å². The molecule has 96 valence electrons. The number of rotatable bonds is 1. The van der Waals surface area contributed by atoms with E-state index in [0.717, 1.165) is 17.9 Å². The van der Waals surface area contributed by atoms with E-state index in [1.54, 1.807) is 6.07 Å². The Hall–Kier alpha value is -2.32. The zero-order valence-electron chi connectivity index (χ0n) is 10.5. The molecule has 0 N–H and O–H groups in total. The Morgan fingerprint density at radius 2 is 2.10 bits per heavy atom. The van der Waals surface area contributed by atoms with E-state index in [1.165, 1.54) is 10.5 Å². The molecule has 3 heterocycles. The number of nitrogens with zero attached hydrogens (tertiary/aromatic N) is 4. The lowest BCUT2D eigenvalue weighted by Gasteiger charge is -2.06. The molecule has 1 aliphatic rings. The summed E-state index contributed by atoms with van der Waals surface area (Å²) < 4.78 is 1.93. The van der Waals surface area contributed by atoms with Crippen molar-refractivity contribution in [3.63, 3.8) is 0 Å². The molecule has 0 bridgehead atoms. The van der Waals surface area contributed by atoms with E-state index in [-0.39, 0.29) is 5.25 Å². The van der Waals surface area contributed by atoms with Gasteiger partial charge in [0.15, 0.2) is 11.5 Å². The first-order valence-corrected chi connectivity index (χ1v) is 7.22. The third kappa shape index (κ3) is 1.69. The Bertz CT molecular complexity index is 821. The van der Waals surface area contributed by atoms with Crippen LogP contribution in [0.1, 0.15) is 22.2 Å². The van der Waals surface area contributed by atoms with Gasteiger partial charge in [0.25, 0.3) is 0 Å². The topological polar surface area (TPSA) is 54.0 Å². The molecule has 1 aliphatic heterocycles. The second-order valence-corrected chi connectivity index (χ2v) is 5.98. The minimum Gasteiger partial charge on any atom is -0.284 e. The molecule has 5 heteroatoms. The summed E-state index contributed by atoms with van der Waals surface area (Å²) >= 11 is 1.82. The predicted molar refractivity (Wildman–Crippen MR) is 76.4 cm³/mol. The highest BCUT2D eigenvalue weighted by Gasteiger charge is 2.27. The third-order valence-electron chi connectivity index (χ3n) is 3.49. The van der Waals surface area contributed by atoms with Gasteiger partial charge in [0.05, 0.1) is 10.8 Å². The van der Waals surface area contributed by atoms with Gasteiger partial charge in [-0.05, 0) is 30.2 Å². The van der Waals surface area contributed by atoms with Crippen molar-refractivity contribution in [3.8, 4) is 6.07 Å². The van der Waals surface area contributed by atoms with Gasteiger partial charge in [-0.25, -0.2) is 0 Å². The van der Waals surface area contributed by atoms with Crippen molar-refractivity contribution in [2.45, 2.75) is 16.6 Å². The van der Waals surface area contributed by atoms with Crippen LogP contribution in [0, 0.1) is 11.3 Å². The molecule has 4 rings (SSSR count). The van der Waals surface area contributed by atoms with Gasteiger partial charge < -0.3 is 0 Å². The zero-order valence-corrected chi connectivity index (χ0v) is 11.3. The highest BCUT2D eigenvalue weighted by atomic mass is 32.2. The summed E-state index contributed by atoms with van der Waals surface area (Å²) in [6, 6.07) is 14.2. The van der Waals surface area contributed by atoms with Crippen LogP contribution in [0.2, 0.25) is 0 Å². The molecule has 0 saturated carbocycles. The summed E-state index contributed by atoms with van der Waals surface area (Å²) in [6.07, 6.45) is 2.77. The number of pyridine rings is 1. The molecule has 0 saturated heterocycles. The number of thioether (sulfide) groups is 1. The van der Waals surface area contributed by atoms with E-state index in [1.807, 2.05) is 28.4 Å². The zero-order chi connectivity index (χ0) is 13.5. The summed E-state index contributed by atoms with van der Waals surface area (Å²) in [6.45, 7) is 0. The number of nitriles is 1. The maximum atomic E-state index is 9.02. The van der Waals surface area contributed by atoms with Gasteiger partial charge in [-0.2, -0.15) is 5.26 Å². The minimum absolute atomic E-state index is 0.261. The van der Waals surface area contributed by atoms with Gasteiger partial charge in [-0.15, -0.1) is 22.0 Å². The molecule has 1 atom stereocenters. The smallest absolute Gasteiger partial charge is 0.160 e. The van der Waals surface area contributed by atoms with Crippen molar-refractivity contribution in [2.24, 2.45) is 0 Å². The fraction of sp³-hybridized carbons (Fsp3) is 0.133. The molecule has 1 unspecified atom stereocenters. The fourth-order valence-corrected chi connectivity index (χ4v) is 3.82. The average molecular weight is 278 g/mol. The van der Waals surface area contributed by atoms with Crippen molar-refractivity contribution < 1.29 is 0 Å². The number of aromatic nitrogens is 3. The van der Waals surface area contributed by atoms with E-state index >= 15 is 0 Å². The molecule has 3 aromatic rings. The molecule has 2 aromatic heterocycles. The first kappa shape index (κ1) is 11.5. The van der Waals surface area contributed by atoms with Crippen LogP contribution in [0.25, 0.3) is 5.65 Å². The van der Waals surface area contributed by atoms with Crippen LogP contribution in [-0.4, -0.2) is 14.6 Å². The maximum Gasteiger partial charge on any atom is 0.160 e. The quantitative estimate of drug-likeness (QED) is 0.686. The lowest BCUT2D eigenvalue weighted by atomic mass is 10.1. The Kier molecular flexibility index (Phi) is 2.51. The molecule has 0 spiro atoms. The van der Waals surface area contributed by atoms with Gasteiger partial charge in [-0.1, -0.05) is 18.2 Å². The molecular weight excluding hydrogens is 268 g/mol. The molecule has 0 amide bonds. The van der Waals surface area contributed by atoms with Gasteiger partial charge in [-0.3, -0.25) is 4.40 Å². The third-order valence-corrected chi connectivity index (χ3v) is 4.81. The number of hydrogen-bond donors (Lipinski definition) is 0. The molecule has 0 aliphatic carbocycles. The lowest BCUT2D eigenvalue weighted by molar-refractivity contribution is 0.831. The van der Waals surface area contributed by atoms with Crippen LogP contribution >= 0.6 is 11.8 Å². The van der Waals surface area contributed by atoms with Gasteiger partial charge in [0.2, 0.25) is 0 Å². The predicted octanol–water partition coefficient (Wildman–Crippen LogP) is 2.99. The van der Waals surface area contributed by atoms with Crippen LogP contribution in [0.15, 0.2) is 47.5 Å². The molecule has 0 radical (unpaired) electrons. The Balaban J connectivity index is 1.79. The van der Waals surface area contributed by atoms with Crippen molar-refractivity contribution in [2.75, 3.05) is 0 Å². The van der Waals surface area contributed by atoms with Crippen molar-refractivity contribution in [1.29, 1.82) is 5.26 Å². The van der Waals surface area contributed by atoms with Crippen LogP contribution < -0.4 is 0 Å². The van der Waals surface area contributed by atoms with Crippen molar-refractivity contribution >= 4 is 17.4 Å². The summed E-state index contributed by atoms with van der Waals surface area (Å²) in [4.78, 5) is 1.31. The molecule has 1 aromatic carbocycles. The summed E-state index contributed by atoms with van der Waals surface area (Å²) in [5.41, 5.74) is 2.77. The van der Waals surface area contributed by atoms with E-state index in [4.69, 9.17) is 5.26 Å². The molecule has 4 nitrogen and oxygen atoms in total. The Morgan fingerprint density at radius 3 is 2.95 bits per heavy atom. The van der Waals surface area contributed by atoms with Crippen LogP contribution in [0.5, 0.6) is 0 Å². The van der Waals surface area contributed by atoms with E-state index in [9.17, 15) is 0 Å². The second-order valence-electron chi connectivity index (χ2n) is 4.73. The number of fused-ring (bicyclic) bond motifs is 2. The largest absolute Gasteiger partial charge is 0.284 e. The fourth-order valence-electron chi connectivity index (χ4n) is 2.52. The van der Waals surface area contributed by atoms with Gasteiger partial charge in [0, 0.05) is 11.1 Å². The SMILES string of the molecule is N#Cc1ccc2nnc(C3Cc4ccccc4S3)n2c1. The van der Waals surface area contributed by atoms with Gasteiger partial charge >= 0.3 is 0 Å². The molecule has 20 heavy (non-hydrogen) atoms. The monoisotopic (exact) mass is 278 g/mol. The number of hydrogen-bond acceptors (Lipinski definition) is 4. The van der Waals surface area contributed by atoms with Gasteiger partial charge in [0.1, 0.15) is 6.07 Å². The van der Waals surface area contributed by atoms with E-state index in [0.29, 0.717) is 5.56 Å². The Labute approximate surface area is 120 Å². The summed E-state index contributed by atoms with van der Waals surface area (Å²) in [5, 5.41) is 17.8. The lowest BCUT2D eigenvalue weighted by Crippen LogP contribution is -2.00. The number of benzene rings is 1. The van der Waals surface area contributed by atoms with Crippen LogP contribution in [-0.2, 0) is 6.42 Å². The normalized spacial score (nSPS) is 17.1. The first-order chi connectivity index (χ1) is 9.85. The highest BCUT2D eigenvalue weighted by molar-refractivity contribution is 7.99. The molecule has 0 fully saturated rings. The second kappa shape index (κ2) is 4.36. The average Bonchev–Trinajstić information content (AvgIpc) is 3.09. The summed E-state index contributed by atoms with van der Waals surface area (Å²) in [7, 11) is 0. The van der Waals surface area contributed by atoms with Crippen molar-refractivity contribution in [3.05, 3.63) is 59.5 Å². The first-order valence-electron chi connectivity index (χ1n) is 6.34. The minimum atomic E-state index is 0.261. The van der Waals surface area contributed by atoms with Crippen molar-refractivity contribution in [1.82, 2.24) is 14.6 Å². The highest BCUT2D eigenvalue weighted by Crippen LogP contribution is 2.45. The Morgan fingerprint density at radius 1 is 1.20 bits per heavy atom. The molecular formula is C15H10N4S. The van der Waals surface area contributed by atoms with Crippen LogP contribution in [0.3, 0.4) is 0 Å². The van der Waals surface area contributed by atoms with E-state index in [2.05, 4.69) is 40.5 Å². The van der Waals surface area contributed by atoms with Crippen LogP contribution in [0.4, 0.5) is 0 Å². The maximum absolute atomic E-state index is 9.02.